The number of hydrogen-bond donors (Lipinski definition) is 2. The Morgan fingerprint density at radius 3 is 2.89 bits per heavy atom. The van der Waals surface area contributed by atoms with E-state index in [2.05, 4.69) is 5.32 Å². The minimum Gasteiger partial charge on any atom is -0.492 e. The molecule has 0 saturated heterocycles. The highest BCUT2D eigenvalue weighted by Crippen LogP contribution is 2.33. The number of aliphatic carboxylic acids is 1. The Balaban J connectivity index is 2.03. The van der Waals surface area contributed by atoms with E-state index in [1.807, 2.05) is 31.2 Å². The number of rotatable bonds is 5. The molecule has 0 aromatic heterocycles. The number of nitrogens with one attached hydrogen (secondary N) is 1. The van der Waals surface area contributed by atoms with Crippen LogP contribution >= 0.6 is 0 Å². The molecule has 0 aliphatic carbocycles. The molecule has 1 amide bonds. The second kappa shape index (κ2) is 5.73. The van der Waals surface area contributed by atoms with Crippen LogP contribution in [0.2, 0.25) is 0 Å². The normalized spacial score (nSPS) is 18.3. The minimum absolute atomic E-state index is 0.0581. The number of ether oxygens (including phenoxy) is 1. The maximum Gasteiger partial charge on any atom is 0.305 e. The number of benzene rings is 1. The number of carbonyl (C=O) groups is 2. The predicted molar refractivity (Wildman–Crippen MR) is 69.2 cm³/mol. The van der Waals surface area contributed by atoms with E-state index in [-0.39, 0.29) is 24.3 Å². The van der Waals surface area contributed by atoms with Gasteiger partial charge in [0, 0.05) is 11.6 Å². The van der Waals surface area contributed by atoms with Crippen LogP contribution in [0, 0.1) is 0 Å². The number of amides is 1. The highest BCUT2D eigenvalue weighted by Gasteiger charge is 2.31. The quantitative estimate of drug-likeness (QED) is 0.844. The van der Waals surface area contributed by atoms with Crippen LogP contribution in [-0.2, 0) is 9.59 Å². The van der Waals surface area contributed by atoms with Crippen molar-refractivity contribution in [3.05, 3.63) is 29.8 Å². The van der Waals surface area contributed by atoms with Gasteiger partial charge in [0.2, 0.25) is 5.91 Å². The molecule has 1 heterocycles. The van der Waals surface area contributed by atoms with E-state index in [1.54, 1.807) is 0 Å². The van der Waals surface area contributed by atoms with Gasteiger partial charge in [0.15, 0.2) is 0 Å². The fraction of sp³-hybridized carbons (Fsp3) is 0.429. The molecule has 0 saturated carbocycles. The molecule has 0 radical (unpaired) electrons. The van der Waals surface area contributed by atoms with Gasteiger partial charge in [0.05, 0.1) is 6.42 Å². The largest absolute Gasteiger partial charge is 0.492 e. The molecule has 5 heteroatoms. The average Bonchev–Trinajstić information content (AvgIpc) is 2.81. The lowest BCUT2D eigenvalue weighted by Gasteiger charge is -2.17. The van der Waals surface area contributed by atoms with Crippen molar-refractivity contribution in [2.75, 3.05) is 6.61 Å². The first kappa shape index (κ1) is 13.4. The molecule has 2 unspecified atom stereocenters. The number of fused-ring (bicyclic) bond motifs is 1. The summed E-state index contributed by atoms with van der Waals surface area (Å²) < 4.78 is 5.45. The smallest absolute Gasteiger partial charge is 0.305 e. The van der Waals surface area contributed by atoms with E-state index in [9.17, 15) is 9.59 Å². The van der Waals surface area contributed by atoms with Crippen LogP contribution in [0.1, 0.15) is 31.2 Å². The molecule has 2 atom stereocenters. The van der Waals surface area contributed by atoms with Gasteiger partial charge in [0.1, 0.15) is 18.3 Å². The molecule has 5 nitrogen and oxygen atoms in total. The van der Waals surface area contributed by atoms with Crippen LogP contribution in [-0.4, -0.2) is 29.6 Å². The lowest BCUT2D eigenvalue weighted by Crippen LogP contribution is -2.39. The number of hydrogen-bond acceptors (Lipinski definition) is 3. The van der Waals surface area contributed by atoms with Crippen LogP contribution < -0.4 is 10.1 Å². The number of carbonyl (C=O) groups excluding carboxylic acids is 1. The van der Waals surface area contributed by atoms with Crippen LogP contribution in [0.15, 0.2) is 24.3 Å². The zero-order valence-corrected chi connectivity index (χ0v) is 10.8. The zero-order chi connectivity index (χ0) is 13.8. The standard InChI is InChI=1S/C14H17NO4/c1-2-9(7-13(16)17)15-14(18)11-8-19-12-6-4-3-5-10(11)12/h3-6,9,11H,2,7-8H2,1H3,(H,15,18)(H,16,17). The van der Waals surface area contributed by atoms with Crippen LogP contribution in [0.3, 0.4) is 0 Å². The van der Waals surface area contributed by atoms with E-state index in [0.29, 0.717) is 13.0 Å². The van der Waals surface area contributed by atoms with Crippen LogP contribution in [0.4, 0.5) is 0 Å². The number of para-hydroxylation sites is 1. The number of carboxylic acids is 1. The summed E-state index contributed by atoms with van der Waals surface area (Å²) in [5.41, 5.74) is 0.866. The Morgan fingerprint density at radius 2 is 2.21 bits per heavy atom. The van der Waals surface area contributed by atoms with Crippen molar-refractivity contribution >= 4 is 11.9 Å². The average molecular weight is 263 g/mol. The van der Waals surface area contributed by atoms with Gasteiger partial charge in [-0.05, 0) is 12.5 Å². The lowest BCUT2D eigenvalue weighted by atomic mass is 9.99. The van der Waals surface area contributed by atoms with E-state index in [4.69, 9.17) is 9.84 Å². The van der Waals surface area contributed by atoms with Crippen molar-refractivity contribution in [2.24, 2.45) is 0 Å². The topological polar surface area (TPSA) is 75.6 Å². The predicted octanol–water partition coefficient (Wildman–Crippen LogP) is 1.53. The van der Waals surface area contributed by atoms with E-state index < -0.39 is 5.97 Å². The molecule has 1 aromatic rings. The minimum atomic E-state index is -0.907. The molecule has 102 valence electrons. The fourth-order valence-electron chi connectivity index (χ4n) is 2.19. The molecule has 2 N–H and O–H groups in total. The van der Waals surface area contributed by atoms with Crippen molar-refractivity contribution in [3.8, 4) is 5.75 Å². The summed E-state index contributed by atoms with van der Waals surface area (Å²) in [4.78, 5) is 22.9. The maximum absolute atomic E-state index is 12.2. The van der Waals surface area contributed by atoms with Gasteiger partial charge in [-0.15, -0.1) is 0 Å². The van der Waals surface area contributed by atoms with Crippen molar-refractivity contribution in [2.45, 2.75) is 31.7 Å². The molecule has 0 bridgehead atoms. The Hall–Kier alpha value is -2.04. The molecular formula is C14H17NO4. The van der Waals surface area contributed by atoms with E-state index >= 15 is 0 Å². The molecule has 1 aromatic carbocycles. The van der Waals surface area contributed by atoms with Gasteiger partial charge < -0.3 is 15.2 Å². The van der Waals surface area contributed by atoms with Gasteiger partial charge in [0.25, 0.3) is 0 Å². The van der Waals surface area contributed by atoms with E-state index in [1.165, 1.54) is 0 Å². The third kappa shape index (κ3) is 3.05. The van der Waals surface area contributed by atoms with Crippen LogP contribution in [0.25, 0.3) is 0 Å². The molecular weight excluding hydrogens is 246 g/mol. The van der Waals surface area contributed by atoms with Gasteiger partial charge in [-0.2, -0.15) is 0 Å². The summed E-state index contributed by atoms with van der Waals surface area (Å²) in [5.74, 6) is -0.693. The second-order valence-corrected chi connectivity index (χ2v) is 4.61. The van der Waals surface area contributed by atoms with Crippen LogP contribution in [0.5, 0.6) is 5.75 Å². The van der Waals surface area contributed by atoms with Crippen molar-refractivity contribution in [1.82, 2.24) is 5.32 Å². The Labute approximate surface area is 111 Å². The first-order valence-electron chi connectivity index (χ1n) is 6.35. The van der Waals surface area contributed by atoms with Gasteiger partial charge in [-0.1, -0.05) is 25.1 Å². The first-order chi connectivity index (χ1) is 9.11. The zero-order valence-electron chi connectivity index (χ0n) is 10.8. The SMILES string of the molecule is CCC(CC(=O)O)NC(=O)C1COc2ccccc21. The maximum atomic E-state index is 12.2. The molecule has 0 spiro atoms. The van der Waals surface area contributed by atoms with Gasteiger partial charge in [-0.25, -0.2) is 0 Å². The summed E-state index contributed by atoms with van der Waals surface area (Å²) in [6.45, 7) is 2.17. The molecule has 0 fully saturated rings. The third-order valence-electron chi connectivity index (χ3n) is 3.28. The third-order valence-corrected chi connectivity index (χ3v) is 3.28. The highest BCUT2D eigenvalue weighted by atomic mass is 16.5. The molecule has 1 aliphatic rings. The van der Waals surface area contributed by atoms with Gasteiger partial charge >= 0.3 is 5.97 Å². The summed E-state index contributed by atoms with van der Waals surface area (Å²) in [5, 5.41) is 11.6. The Morgan fingerprint density at radius 1 is 1.47 bits per heavy atom. The number of carboxylic acid groups (broad SMARTS) is 1. The Bertz CT molecular complexity index is 486. The molecule has 2 rings (SSSR count). The summed E-state index contributed by atoms with van der Waals surface area (Å²) in [6.07, 6.45) is 0.532. The molecule has 19 heavy (non-hydrogen) atoms. The molecule has 1 aliphatic heterocycles. The monoisotopic (exact) mass is 263 g/mol. The second-order valence-electron chi connectivity index (χ2n) is 4.61. The van der Waals surface area contributed by atoms with Crippen molar-refractivity contribution in [1.29, 1.82) is 0 Å². The van der Waals surface area contributed by atoms with E-state index in [0.717, 1.165) is 11.3 Å². The van der Waals surface area contributed by atoms with Crippen molar-refractivity contribution in [3.63, 3.8) is 0 Å². The summed E-state index contributed by atoms with van der Waals surface area (Å²) >= 11 is 0. The fourth-order valence-corrected chi connectivity index (χ4v) is 2.19. The summed E-state index contributed by atoms with van der Waals surface area (Å²) in [7, 11) is 0. The summed E-state index contributed by atoms with van der Waals surface area (Å²) in [6, 6.07) is 7.08. The van der Waals surface area contributed by atoms with Gasteiger partial charge in [-0.3, -0.25) is 9.59 Å². The lowest BCUT2D eigenvalue weighted by molar-refractivity contribution is -0.137. The van der Waals surface area contributed by atoms with Crippen molar-refractivity contribution < 1.29 is 19.4 Å². The Kier molecular flexibility index (Phi) is 4.04. The first-order valence-corrected chi connectivity index (χ1v) is 6.35. The highest BCUT2D eigenvalue weighted by molar-refractivity contribution is 5.86.